The highest BCUT2D eigenvalue weighted by atomic mass is 19.1. The van der Waals surface area contributed by atoms with E-state index in [2.05, 4.69) is 51.6 Å². The van der Waals surface area contributed by atoms with Crippen LogP contribution in [-0.2, 0) is 0 Å². The number of nitrogens with zero attached hydrogens (tertiary/aromatic N) is 2. The highest BCUT2D eigenvalue weighted by molar-refractivity contribution is 5.68. The predicted molar refractivity (Wildman–Crippen MR) is 224 cm³/mol. The number of benzene rings is 4. The van der Waals surface area contributed by atoms with E-state index in [1.165, 1.54) is 107 Å². The second kappa shape index (κ2) is 23.4. The van der Waals surface area contributed by atoms with Crippen LogP contribution >= 0.6 is 0 Å². The lowest BCUT2D eigenvalue weighted by atomic mass is 9.95. The zero-order chi connectivity index (χ0) is 39.3. The Hall–Kier alpha value is -5.39. The molecule has 0 spiro atoms. The monoisotopic (exact) mass is 755 g/mol. The second-order valence-corrected chi connectivity index (χ2v) is 14.3. The Balaban J connectivity index is 0.000000165. The summed E-state index contributed by atoms with van der Waals surface area (Å²) in [4.78, 5) is 19.7. The van der Waals surface area contributed by atoms with Gasteiger partial charge >= 0.3 is 5.69 Å². The van der Waals surface area contributed by atoms with Gasteiger partial charge in [-0.1, -0.05) is 106 Å². The van der Waals surface area contributed by atoms with Crippen LogP contribution in [0.3, 0.4) is 0 Å². The quantitative estimate of drug-likeness (QED) is 0.0636. The molecule has 4 aromatic rings. The number of halogens is 1. The van der Waals surface area contributed by atoms with Crippen molar-refractivity contribution in [1.29, 1.82) is 0 Å². The molecule has 0 radical (unpaired) electrons. The molecule has 3 aliphatic rings. The van der Waals surface area contributed by atoms with Gasteiger partial charge in [-0.2, -0.15) is 4.39 Å². The standard InChI is InChI=1S/C13H20N2.C12H16N2O2.C12H18N2.C6H4FNO2/c1-14-12-9-5-6-10-13(12)15-11-7-3-2-4-8-11;15-14(16)12-9-5-4-8-11(12)13-10-6-2-1-3-7-10;13-11-8-4-5-9-12(11)14-10-6-2-1-3-7-10;7-5-3-1-2-4-6(5)8(9)10/h5-6,9-11,14-15H,2-4,7-8H2,1H3;4-5,8-10,13H,1-3,6-7H2;4-5,8-10,14H,1-3,6-7,13H2;1-4H. The maximum absolute atomic E-state index is 12.4. The Kier molecular flexibility index (Phi) is 18.0. The molecule has 0 amide bonds. The van der Waals surface area contributed by atoms with E-state index in [1.54, 1.807) is 18.2 Å². The maximum atomic E-state index is 12.4. The normalized spacial score (nSPS) is 16.0. The molecule has 0 aliphatic heterocycles. The third-order valence-electron chi connectivity index (χ3n) is 10.2. The van der Waals surface area contributed by atoms with Crippen LogP contribution in [0.5, 0.6) is 0 Å². The van der Waals surface area contributed by atoms with Gasteiger partial charge in [0.15, 0.2) is 0 Å². The SMILES string of the molecule is CNc1ccccc1NC1CCCCC1.Nc1ccccc1NC1CCCCC1.O=[N+]([O-])c1ccccc1F.O=[N+]([O-])c1ccccc1NC1CCCCC1. The lowest BCUT2D eigenvalue weighted by Crippen LogP contribution is -2.22. The first-order chi connectivity index (χ1) is 26.7. The van der Waals surface area contributed by atoms with E-state index in [4.69, 9.17) is 5.73 Å². The molecule has 3 fully saturated rings. The van der Waals surface area contributed by atoms with Crippen molar-refractivity contribution in [2.75, 3.05) is 34.0 Å². The molecule has 0 heterocycles. The largest absolute Gasteiger partial charge is 0.397 e. The van der Waals surface area contributed by atoms with Crippen LogP contribution in [0, 0.1) is 26.0 Å². The number of nitro groups is 2. The van der Waals surface area contributed by atoms with Gasteiger partial charge in [0.05, 0.1) is 32.6 Å². The average molecular weight is 756 g/mol. The van der Waals surface area contributed by atoms with Crippen molar-refractivity contribution in [1.82, 2.24) is 0 Å². The molecular formula is C43H58FN7O4. The summed E-state index contributed by atoms with van der Waals surface area (Å²) in [6.07, 6.45) is 19.4. The molecular weight excluding hydrogens is 698 g/mol. The number of para-hydroxylation sites is 7. The summed E-state index contributed by atoms with van der Waals surface area (Å²) < 4.78 is 12.4. The van der Waals surface area contributed by atoms with E-state index < -0.39 is 16.4 Å². The maximum Gasteiger partial charge on any atom is 0.304 e. The zero-order valence-electron chi connectivity index (χ0n) is 32.1. The Morgan fingerprint density at radius 1 is 0.509 bits per heavy atom. The van der Waals surface area contributed by atoms with E-state index in [-0.39, 0.29) is 10.6 Å². The molecule has 7 rings (SSSR count). The van der Waals surface area contributed by atoms with E-state index in [1.807, 2.05) is 31.3 Å². The number of anilines is 5. The third kappa shape index (κ3) is 14.8. The summed E-state index contributed by atoms with van der Waals surface area (Å²) in [6.45, 7) is 0. The first-order valence-corrected chi connectivity index (χ1v) is 19.8. The summed E-state index contributed by atoms with van der Waals surface area (Å²) in [5.41, 5.74) is 10.6. The van der Waals surface area contributed by atoms with Crippen molar-refractivity contribution in [3.63, 3.8) is 0 Å². The van der Waals surface area contributed by atoms with Crippen LogP contribution < -0.4 is 27.0 Å². The van der Waals surface area contributed by atoms with Crippen molar-refractivity contribution >= 4 is 39.8 Å². The van der Waals surface area contributed by atoms with Crippen LogP contribution in [0.4, 0.5) is 44.2 Å². The van der Waals surface area contributed by atoms with Crippen LogP contribution in [0.15, 0.2) is 97.1 Å². The van der Waals surface area contributed by atoms with E-state index in [9.17, 15) is 24.6 Å². The molecule has 12 heteroatoms. The van der Waals surface area contributed by atoms with Gasteiger partial charge in [-0.15, -0.1) is 0 Å². The van der Waals surface area contributed by atoms with Crippen molar-refractivity contribution in [3.05, 3.63) is 123 Å². The molecule has 3 aliphatic carbocycles. The van der Waals surface area contributed by atoms with Crippen LogP contribution in [0.2, 0.25) is 0 Å². The second-order valence-electron chi connectivity index (χ2n) is 14.3. The van der Waals surface area contributed by atoms with Gasteiger partial charge < -0.3 is 27.0 Å². The number of nitrogens with two attached hydrogens (primary N) is 1. The first kappa shape index (κ1) is 42.4. The van der Waals surface area contributed by atoms with Crippen LogP contribution in [-0.4, -0.2) is 35.0 Å². The lowest BCUT2D eigenvalue weighted by Gasteiger charge is -2.25. The average Bonchev–Trinajstić information content (AvgIpc) is 3.21. The van der Waals surface area contributed by atoms with Crippen LogP contribution in [0.1, 0.15) is 96.3 Å². The van der Waals surface area contributed by atoms with Gasteiger partial charge in [-0.25, -0.2) is 0 Å². The minimum atomic E-state index is -0.799. The Bertz CT molecular complexity index is 1740. The number of rotatable bonds is 9. The highest BCUT2D eigenvalue weighted by Gasteiger charge is 2.18. The summed E-state index contributed by atoms with van der Waals surface area (Å²) in [5.74, 6) is -0.799. The molecule has 55 heavy (non-hydrogen) atoms. The number of nitrogen functional groups attached to an aromatic ring is 1. The fourth-order valence-electron chi connectivity index (χ4n) is 7.21. The van der Waals surface area contributed by atoms with Gasteiger partial charge in [0.1, 0.15) is 5.69 Å². The van der Waals surface area contributed by atoms with Crippen molar-refractivity contribution < 1.29 is 14.2 Å². The van der Waals surface area contributed by atoms with E-state index >= 15 is 0 Å². The molecule has 0 unspecified atom stereocenters. The predicted octanol–water partition coefficient (Wildman–Crippen LogP) is 11.6. The highest BCUT2D eigenvalue weighted by Crippen LogP contribution is 2.29. The summed E-state index contributed by atoms with van der Waals surface area (Å²) in [7, 11) is 1.97. The molecule has 0 bridgehead atoms. The van der Waals surface area contributed by atoms with Crippen molar-refractivity contribution in [3.8, 4) is 0 Å². The molecule has 0 saturated heterocycles. The number of hydrogen-bond acceptors (Lipinski definition) is 9. The topological polar surface area (TPSA) is 160 Å². The Morgan fingerprint density at radius 3 is 1.31 bits per heavy atom. The smallest absolute Gasteiger partial charge is 0.304 e. The van der Waals surface area contributed by atoms with E-state index in [0.717, 1.165) is 36.3 Å². The number of nitrogens with one attached hydrogen (secondary N) is 4. The number of hydrogen-bond donors (Lipinski definition) is 5. The summed E-state index contributed by atoms with van der Waals surface area (Å²) >= 11 is 0. The summed E-state index contributed by atoms with van der Waals surface area (Å²) in [5, 5.41) is 34.5. The Labute approximate surface area is 325 Å². The fraction of sp³-hybridized carbons (Fsp3) is 0.442. The molecule has 0 atom stereocenters. The minimum Gasteiger partial charge on any atom is -0.397 e. The van der Waals surface area contributed by atoms with Crippen molar-refractivity contribution in [2.45, 2.75) is 114 Å². The van der Waals surface area contributed by atoms with Gasteiger partial charge in [0.25, 0.3) is 5.69 Å². The third-order valence-corrected chi connectivity index (χ3v) is 10.2. The fourth-order valence-corrected chi connectivity index (χ4v) is 7.21. The summed E-state index contributed by atoms with van der Waals surface area (Å²) in [6, 6.07) is 30.0. The van der Waals surface area contributed by atoms with Gasteiger partial charge in [-0.3, -0.25) is 20.2 Å². The molecule has 4 aromatic carbocycles. The Morgan fingerprint density at radius 2 is 0.873 bits per heavy atom. The molecule has 3 saturated carbocycles. The van der Waals surface area contributed by atoms with Crippen LogP contribution in [0.25, 0.3) is 0 Å². The molecule has 0 aromatic heterocycles. The van der Waals surface area contributed by atoms with Crippen molar-refractivity contribution in [2.24, 2.45) is 0 Å². The molecule has 296 valence electrons. The molecule has 6 N–H and O–H groups in total. The van der Waals surface area contributed by atoms with E-state index in [0.29, 0.717) is 23.8 Å². The zero-order valence-corrected chi connectivity index (χ0v) is 32.1. The number of nitro benzene ring substituents is 2. The first-order valence-electron chi connectivity index (χ1n) is 19.8. The van der Waals surface area contributed by atoms with Gasteiger partial charge in [0.2, 0.25) is 5.82 Å². The van der Waals surface area contributed by atoms with Gasteiger partial charge in [-0.05, 0) is 74.9 Å². The lowest BCUT2D eigenvalue weighted by molar-refractivity contribution is -0.387. The minimum absolute atomic E-state index is 0.174. The van der Waals surface area contributed by atoms with Gasteiger partial charge in [0, 0.05) is 37.3 Å². The molecule has 11 nitrogen and oxygen atoms in total.